The second-order valence-electron chi connectivity index (χ2n) is 6.67. The number of hydrogen-bond acceptors (Lipinski definition) is 5. The molecule has 2 aliphatic heterocycles. The van der Waals surface area contributed by atoms with Crippen LogP contribution in [-0.2, 0) is 0 Å². The summed E-state index contributed by atoms with van der Waals surface area (Å²) in [7, 11) is 0. The van der Waals surface area contributed by atoms with Gasteiger partial charge in [-0.1, -0.05) is 108 Å². The van der Waals surface area contributed by atoms with E-state index in [1.54, 1.807) is 0 Å². The predicted molar refractivity (Wildman–Crippen MR) is 139 cm³/mol. The summed E-state index contributed by atoms with van der Waals surface area (Å²) in [4.78, 5) is 8.30. The Labute approximate surface area is 193 Å². The number of hydrogen-bond donors (Lipinski definition) is 0. The van der Waals surface area contributed by atoms with Gasteiger partial charge in [-0.15, -0.1) is 11.3 Å². The van der Waals surface area contributed by atoms with E-state index in [9.17, 15) is 0 Å². The van der Waals surface area contributed by atoms with Gasteiger partial charge >= 0.3 is 0 Å². The van der Waals surface area contributed by atoms with E-state index in [4.69, 9.17) is 0 Å². The van der Waals surface area contributed by atoms with Crippen molar-refractivity contribution in [3.8, 4) is 0 Å². The van der Waals surface area contributed by atoms with E-state index in [0.29, 0.717) is 0 Å². The van der Waals surface area contributed by atoms with Gasteiger partial charge in [-0.05, 0) is 37.1 Å². The van der Waals surface area contributed by atoms with Crippen LogP contribution < -0.4 is 0 Å². The fourth-order valence-corrected chi connectivity index (χ4v) is 9.88. The summed E-state index contributed by atoms with van der Waals surface area (Å²) in [6.45, 7) is 4.43. The van der Waals surface area contributed by atoms with Gasteiger partial charge in [0.1, 0.15) is 0 Å². The molecule has 5 heteroatoms. The van der Waals surface area contributed by atoms with Crippen molar-refractivity contribution >= 4 is 73.1 Å². The first-order valence-corrected chi connectivity index (χ1v) is 13.4. The molecule has 0 bridgehead atoms. The molecule has 0 unspecified atom stereocenters. The van der Waals surface area contributed by atoms with Crippen LogP contribution in [0, 0.1) is 6.92 Å². The Morgan fingerprint density at radius 2 is 1.07 bits per heavy atom. The fraction of sp³-hybridized carbons (Fsp3) is 0.0833. The zero-order valence-electron chi connectivity index (χ0n) is 16.0. The maximum Gasteiger partial charge on any atom is 0.0707 e. The summed E-state index contributed by atoms with van der Waals surface area (Å²) in [5.74, 6) is 0. The Morgan fingerprint density at radius 3 is 1.69 bits per heavy atom. The molecule has 3 heterocycles. The zero-order chi connectivity index (χ0) is 19.8. The monoisotopic (exact) mass is 466 g/mol. The van der Waals surface area contributed by atoms with Crippen molar-refractivity contribution in [2.24, 2.45) is 0 Å². The Balaban J connectivity index is 1.50. The molecule has 144 valence electrons. The molecule has 0 spiro atoms. The van der Waals surface area contributed by atoms with Crippen LogP contribution in [0.3, 0.4) is 0 Å². The predicted octanol–water partition coefficient (Wildman–Crippen LogP) is 9.36. The van der Waals surface area contributed by atoms with Gasteiger partial charge in [-0.25, -0.2) is 0 Å². The topological polar surface area (TPSA) is 0 Å². The number of allylic oxidation sites excluding steroid dienone is 1. The van der Waals surface area contributed by atoms with Crippen molar-refractivity contribution in [3.05, 3.63) is 107 Å². The number of benzene rings is 2. The molecule has 0 fully saturated rings. The second-order valence-corrected chi connectivity index (χ2v) is 12.8. The standard InChI is InChI=1S/C24H18S5/c1-15-13-14-19(25-15)22-21(18-11-7-4-8-12-18)28-24(29-22)23-26-16(2)20(27-23)17-9-5-3-6-10-17/h3-14H,1-2H3/b24-23-. The van der Waals surface area contributed by atoms with Gasteiger partial charge < -0.3 is 0 Å². The first kappa shape index (κ1) is 19.7. The Kier molecular flexibility index (Phi) is 5.76. The van der Waals surface area contributed by atoms with Crippen LogP contribution in [0.4, 0.5) is 0 Å². The van der Waals surface area contributed by atoms with E-state index in [1.807, 2.05) is 58.4 Å². The molecule has 0 atom stereocenters. The molecule has 2 aromatic carbocycles. The van der Waals surface area contributed by atoms with Crippen molar-refractivity contribution in [1.29, 1.82) is 0 Å². The van der Waals surface area contributed by atoms with Crippen LogP contribution in [0.2, 0.25) is 0 Å². The first-order valence-electron chi connectivity index (χ1n) is 9.27. The first-order chi connectivity index (χ1) is 14.2. The van der Waals surface area contributed by atoms with E-state index in [-0.39, 0.29) is 0 Å². The van der Waals surface area contributed by atoms with E-state index in [0.717, 1.165) is 0 Å². The quantitative estimate of drug-likeness (QED) is 0.377. The minimum Gasteiger partial charge on any atom is -0.140 e. The highest BCUT2D eigenvalue weighted by Gasteiger charge is 2.30. The molecule has 0 aliphatic carbocycles. The van der Waals surface area contributed by atoms with Gasteiger partial charge in [0.15, 0.2) is 0 Å². The summed E-state index contributed by atoms with van der Waals surface area (Å²) < 4.78 is 2.82. The van der Waals surface area contributed by atoms with Crippen molar-refractivity contribution in [3.63, 3.8) is 0 Å². The van der Waals surface area contributed by atoms with Crippen molar-refractivity contribution < 1.29 is 0 Å². The van der Waals surface area contributed by atoms with Crippen LogP contribution in [0.5, 0.6) is 0 Å². The van der Waals surface area contributed by atoms with Crippen LogP contribution >= 0.6 is 58.4 Å². The highest BCUT2D eigenvalue weighted by Crippen LogP contribution is 2.65. The van der Waals surface area contributed by atoms with Crippen LogP contribution in [0.25, 0.3) is 14.7 Å². The highest BCUT2D eigenvalue weighted by molar-refractivity contribution is 8.38. The Morgan fingerprint density at radius 1 is 0.517 bits per heavy atom. The van der Waals surface area contributed by atoms with Gasteiger partial charge in [0.05, 0.1) is 8.47 Å². The Hall–Kier alpha value is -1.24. The maximum absolute atomic E-state index is 2.27. The summed E-state index contributed by atoms with van der Waals surface area (Å²) in [6, 6.07) is 26.1. The third-order valence-corrected chi connectivity index (χ3v) is 11.6. The van der Waals surface area contributed by atoms with Gasteiger partial charge in [-0.3, -0.25) is 0 Å². The largest absolute Gasteiger partial charge is 0.140 e. The van der Waals surface area contributed by atoms with E-state index in [1.165, 1.54) is 49.0 Å². The molecule has 0 N–H and O–H groups in total. The van der Waals surface area contributed by atoms with E-state index >= 15 is 0 Å². The molecule has 29 heavy (non-hydrogen) atoms. The fourth-order valence-electron chi connectivity index (χ4n) is 3.19. The molecule has 2 aliphatic rings. The lowest BCUT2D eigenvalue weighted by atomic mass is 10.2. The maximum atomic E-state index is 2.27. The molecule has 1 aromatic heterocycles. The molecule has 0 nitrogen and oxygen atoms in total. The van der Waals surface area contributed by atoms with Crippen LogP contribution in [0.15, 0.2) is 86.2 Å². The van der Waals surface area contributed by atoms with Gasteiger partial charge in [-0.2, -0.15) is 0 Å². The van der Waals surface area contributed by atoms with Crippen LogP contribution in [-0.4, -0.2) is 0 Å². The van der Waals surface area contributed by atoms with Gasteiger partial charge in [0, 0.05) is 29.4 Å². The summed E-state index contributed by atoms with van der Waals surface area (Å²) >= 11 is 9.61. The summed E-state index contributed by atoms with van der Waals surface area (Å²) in [5.41, 5.74) is 2.62. The third-order valence-electron chi connectivity index (χ3n) is 4.56. The molecular formula is C24H18S5. The molecule has 3 aromatic rings. The lowest BCUT2D eigenvalue weighted by Crippen LogP contribution is -1.79. The van der Waals surface area contributed by atoms with E-state index < -0.39 is 0 Å². The van der Waals surface area contributed by atoms with Gasteiger partial charge in [0.2, 0.25) is 0 Å². The SMILES string of the molecule is CC1=C(c2ccccc2)S/C(=C2/SC(c3ccccc3)=C(c3ccc(C)s3)S2)S1. The van der Waals surface area contributed by atoms with Crippen molar-refractivity contribution in [2.45, 2.75) is 13.8 Å². The summed E-state index contributed by atoms with van der Waals surface area (Å²) in [6.07, 6.45) is 0. The minimum absolute atomic E-state index is 1.31. The highest BCUT2D eigenvalue weighted by atomic mass is 32.2. The number of aryl methyl sites for hydroxylation is 1. The normalized spacial score (nSPS) is 19.5. The number of thiophene rings is 1. The molecular weight excluding hydrogens is 449 g/mol. The molecule has 0 saturated carbocycles. The van der Waals surface area contributed by atoms with Gasteiger partial charge in [0.25, 0.3) is 0 Å². The van der Waals surface area contributed by atoms with Crippen molar-refractivity contribution in [2.75, 3.05) is 0 Å². The third kappa shape index (κ3) is 4.04. The summed E-state index contributed by atoms with van der Waals surface area (Å²) in [5, 5.41) is 0. The van der Waals surface area contributed by atoms with Crippen molar-refractivity contribution in [1.82, 2.24) is 0 Å². The van der Waals surface area contributed by atoms with E-state index in [2.05, 4.69) is 86.6 Å². The van der Waals surface area contributed by atoms with Crippen LogP contribution in [0.1, 0.15) is 27.8 Å². The molecule has 0 saturated heterocycles. The lowest BCUT2D eigenvalue weighted by molar-refractivity contribution is 1.62. The second kappa shape index (κ2) is 8.48. The smallest absolute Gasteiger partial charge is 0.0707 e. The average Bonchev–Trinajstić information content (AvgIpc) is 3.47. The number of rotatable bonds is 3. The minimum atomic E-state index is 1.31. The average molecular weight is 467 g/mol. The molecule has 5 rings (SSSR count). The molecule has 0 amide bonds. The zero-order valence-corrected chi connectivity index (χ0v) is 20.1. The molecule has 0 radical (unpaired) electrons. The Bertz CT molecular complexity index is 1150. The number of thioether (sulfide) groups is 4. The lowest BCUT2D eigenvalue weighted by Gasteiger charge is -2.04.